The van der Waals surface area contributed by atoms with Gasteiger partial charge in [0.1, 0.15) is 5.69 Å². The Bertz CT molecular complexity index is 1250. The summed E-state index contributed by atoms with van der Waals surface area (Å²) in [6, 6.07) is 26.7. The lowest BCUT2D eigenvalue weighted by Crippen LogP contribution is -2.41. The summed E-state index contributed by atoms with van der Waals surface area (Å²) in [7, 11) is 0. The minimum atomic E-state index is -0.124. The highest BCUT2D eigenvalue weighted by Crippen LogP contribution is 2.26. The van der Waals surface area contributed by atoms with E-state index in [0.717, 1.165) is 36.1 Å². The molecule has 2 atom stereocenters. The number of carbonyl (C=O) groups is 1. The lowest BCUT2D eigenvalue weighted by atomic mass is 10.0. The van der Waals surface area contributed by atoms with Crippen LogP contribution in [0.3, 0.4) is 0 Å². The van der Waals surface area contributed by atoms with E-state index in [4.69, 9.17) is 4.74 Å². The predicted octanol–water partition coefficient (Wildman–Crippen LogP) is 5.72. The molecule has 4 aromatic rings. The van der Waals surface area contributed by atoms with Gasteiger partial charge < -0.3 is 10.1 Å². The lowest BCUT2D eigenvalue weighted by molar-refractivity contribution is 0.0271. The molecule has 1 aromatic heterocycles. The number of carbonyl (C=O) groups excluding carboxylic acids is 1. The Balaban J connectivity index is 1.27. The van der Waals surface area contributed by atoms with E-state index in [1.165, 1.54) is 11.1 Å². The molecule has 1 aliphatic carbocycles. The second-order valence-electron chi connectivity index (χ2n) is 8.86. The molecule has 5 rings (SSSR count). The SMILES string of the molecule is Cc1ccccc1-c1ccc(-n2cncc2C(=O)N[C@@H]2CCC[C@H]2OCc2ccccc2)cc1. The topological polar surface area (TPSA) is 56.2 Å². The fourth-order valence-corrected chi connectivity index (χ4v) is 4.68. The summed E-state index contributed by atoms with van der Waals surface area (Å²) < 4.78 is 8.00. The van der Waals surface area contributed by atoms with Crippen molar-refractivity contribution in [2.75, 3.05) is 0 Å². The maximum Gasteiger partial charge on any atom is 0.270 e. The van der Waals surface area contributed by atoms with E-state index < -0.39 is 0 Å². The molecular formula is C29H29N3O2. The average molecular weight is 452 g/mol. The monoisotopic (exact) mass is 451 g/mol. The largest absolute Gasteiger partial charge is 0.371 e. The maximum absolute atomic E-state index is 13.2. The molecule has 1 N–H and O–H groups in total. The van der Waals surface area contributed by atoms with Crippen LogP contribution in [0.25, 0.3) is 16.8 Å². The first-order chi connectivity index (χ1) is 16.7. The number of aromatic nitrogens is 2. The van der Waals surface area contributed by atoms with E-state index >= 15 is 0 Å². The molecule has 1 saturated carbocycles. The van der Waals surface area contributed by atoms with E-state index in [1.807, 2.05) is 41.0 Å². The van der Waals surface area contributed by atoms with Gasteiger partial charge in [-0.3, -0.25) is 9.36 Å². The molecule has 0 radical (unpaired) electrons. The Morgan fingerprint density at radius 3 is 2.56 bits per heavy atom. The van der Waals surface area contributed by atoms with Crippen molar-refractivity contribution in [1.82, 2.24) is 14.9 Å². The van der Waals surface area contributed by atoms with E-state index in [1.54, 1.807) is 12.5 Å². The number of imidazole rings is 1. The molecule has 1 aliphatic rings. The minimum absolute atomic E-state index is 0.00277. The van der Waals surface area contributed by atoms with Crippen LogP contribution >= 0.6 is 0 Å². The summed E-state index contributed by atoms with van der Waals surface area (Å²) in [6.45, 7) is 2.67. The molecule has 172 valence electrons. The first-order valence-corrected chi connectivity index (χ1v) is 11.8. The van der Waals surface area contributed by atoms with E-state index in [-0.39, 0.29) is 18.1 Å². The van der Waals surface area contributed by atoms with Gasteiger partial charge >= 0.3 is 0 Å². The van der Waals surface area contributed by atoms with Gasteiger partial charge in [0.05, 0.1) is 31.3 Å². The molecule has 0 aliphatic heterocycles. The van der Waals surface area contributed by atoms with Crippen molar-refractivity contribution in [3.8, 4) is 16.8 Å². The molecule has 0 spiro atoms. The van der Waals surface area contributed by atoms with E-state index in [9.17, 15) is 4.79 Å². The molecular weight excluding hydrogens is 422 g/mol. The van der Waals surface area contributed by atoms with Gasteiger partial charge in [-0.1, -0.05) is 66.7 Å². The van der Waals surface area contributed by atoms with Gasteiger partial charge in [0.15, 0.2) is 0 Å². The summed E-state index contributed by atoms with van der Waals surface area (Å²) in [5.41, 5.74) is 6.17. The molecule has 1 fully saturated rings. The second kappa shape index (κ2) is 10.1. The standard InChI is InChI=1S/C29H29N3O2/c1-21-8-5-6-11-25(21)23-14-16-24(17-15-23)32-20-30-18-27(32)29(33)31-26-12-7-13-28(26)34-19-22-9-3-2-4-10-22/h2-6,8-11,14-18,20,26,28H,7,12-13,19H2,1H3,(H,31,33)/t26-,28-/m1/s1. The highest BCUT2D eigenvalue weighted by molar-refractivity contribution is 5.93. The fraction of sp³-hybridized carbons (Fsp3) is 0.241. The van der Waals surface area contributed by atoms with Crippen molar-refractivity contribution in [3.63, 3.8) is 0 Å². The highest BCUT2D eigenvalue weighted by atomic mass is 16.5. The van der Waals surface area contributed by atoms with Gasteiger partial charge in [0.25, 0.3) is 5.91 Å². The Morgan fingerprint density at radius 2 is 1.76 bits per heavy atom. The van der Waals surface area contributed by atoms with Crippen molar-refractivity contribution in [3.05, 3.63) is 108 Å². The van der Waals surface area contributed by atoms with Crippen molar-refractivity contribution < 1.29 is 9.53 Å². The molecule has 34 heavy (non-hydrogen) atoms. The third-order valence-electron chi connectivity index (χ3n) is 6.55. The number of ether oxygens (including phenoxy) is 1. The summed E-state index contributed by atoms with van der Waals surface area (Å²) in [5, 5.41) is 3.20. The van der Waals surface area contributed by atoms with Gasteiger partial charge in [-0.15, -0.1) is 0 Å². The number of hydrogen-bond acceptors (Lipinski definition) is 3. The Kier molecular flexibility index (Phi) is 6.54. The first kappa shape index (κ1) is 22.1. The zero-order valence-corrected chi connectivity index (χ0v) is 19.4. The van der Waals surface area contributed by atoms with E-state index in [0.29, 0.717) is 12.3 Å². The van der Waals surface area contributed by atoms with Crippen LogP contribution in [-0.4, -0.2) is 27.6 Å². The summed E-state index contributed by atoms with van der Waals surface area (Å²) in [5.74, 6) is -0.124. The van der Waals surface area contributed by atoms with Crippen molar-refractivity contribution >= 4 is 5.91 Å². The van der Waals surface area contributed by atoms with Gasteiger partial charge in [-0.25, -0.2) is 4.98 Å². The van der Waals surface area contributed by atoms with Crippen LogP contribution in [0.15, 0.2) is 91.4 Å². The fourth-order valence-electron chi connectivity index (χ4n) is 4.68. The number of benzene rings is 3. The van der Waals surface area contributed by atoms with Crippen LogP contribution in [0.2, 0.25) is 0 Å². The third-order valence-corrected chi connectivity index (χ3v) is 6.55. The smallest absolute Gasteiger partial charge is 0.270 e. The second-order valence-corrected chi connectivity index (χ2v) is 8.86. The van der Waals surface area contributed by atoms with Crippen molar-refractivity contribution in [1.29, 1.82) is 0 Å². The van der Waals surface area contributed by atoms with Crippen LogP contribution in [-0.2, 0) is 11.3 Å². The Morgan fingerprint density at radius 1 is 1.00 bits per heavy atom. The van der Waals surface area contributed by atoms with E-state index in [2.05, 4.69) is 59.7 Å². The van der Waals surface area contributed by atoms with Crippen LogP contribution < -0.4 is 5.32 Å². The molecule has 1 amide bonds. The summed E-state index contributed by atoms with van der Waals surface area (Å²) >= 11 is 0. The van der Waals surface area contributed by atoms with Gasteiger partial charge in [-0.2, -0.15) is 0 Å². The van der Waals surface area contributed by atoms with Gasteiger partial charge in [0, 0.05) is 5.69 Å². The predicted molar refractivity (Wildman–Crippen MR) is 134 cm³/mol. The molecule has 5 heteroatoms. The zero-order valence-electron chi connectivity index (χ0n) is 19.4. The molecule has 3 aromatic carbocycles. The first-order valence-electron chi connectivity index (χ1n) is 11.8. The summed E-state index contributed by atoms with van der Waals surface area (Å²) in [6.07, 6.45) is 6.26. The molecule has 0 saturated heterocycles. The van der Waals surface area contributed by atoms with Gasteiger partial charge in [0.2, 0.25) is 0 Å². The molecule has 5 nitrogen and oxygen atoms in total. The maximum atomic E-state index is 13.2. The molecule has 0 unspecified atom stereocenters. The highest BCUT2D eigenvalue weighted by Gasteiger charge is 2.30. The lowest BCUT2D eigenvalue weighted by Gasteiger charge is -2.22. The zero-order chi connectivity index (χ0) is 23.3. The number of nitrogens with one attached hydrogen (secondary N) is 1. The number of amides is 1. The van der Waals surface area contributed by atoms with Crippen molar-refractivity contribution in [2.45, 2.75) is 44.9 Å². The normalized spacial score (nSPS) is 17.6. The van der Waals surface area contributed by atoms with Crippen LogP contribution in [0, 0.1) is 6.92 Å². The van der Waals surface area contributed by atoms with Crippen LogP contribution in [0.4, 0.5) is 0 Å². The quantitative estimate of drug-likeness (QED) is 0.391. The number of nitrogens with zero attached hydrogens (tertiary/aromatic N) is 2. The third kappa shape index (κ3) is 4.80. The van der Waals surface area contributed by atoms with Gasteiger partial charge in [-0.05, 0) is 60.6 Å². The average Bonchev–Trinajstić information content (AvgIpc) is 3.54. The number of aryl methyl sites for hydroxylation is 1. The van der Waals surface area contributed by atoms with Crippen molar-refractivity contribution in [2.24, 2.45) is 0 Å². The Hall–Kier alpha value is -3.70. The summed E-state index contributed by atoms with van der Waals surface area (Å²) in [4.78, 5) is 17.4. The number of hydrogen-bond donors (Lipinski definition) is 1. The Labute approximate surface area is 200 Å². The molecule has 1 heterocycles. The van der Waals surface area contributed by atoms with Crippen LogP contribution in [0.1, 0.15) is 40.9 Å². The molecule has 0 bridgehead atoms. The minimum Gasteiger partial charge on any atom is -0.371 e. The van der Waals surface area contributed by atoms with Crippen LogP contribution in [0.5, 0.6) is 0 Å². The number of rotatable bonds is 7.